The molecule has 1 aliphatic rings. The number of rotatable bonds is 5. The molecule has 5 heteroatoms. The predicted octanol–water partition coefficient (Wildman–Crippen LogP) is 4.10. The van der Waals surface area contributed by atoms with Crippen molar-refractivity contribution in [2.24, 2.45) is 0 Å². The Bertz CT molecular complexity index is 843. The minimum absolute atomic E-state index is 0.0544. The Kier molecular flexibility index (Phi) is 6.57. The number of aryl methyl sites for hydroxylation is 1. The molecule has 5 nitrogen and oxygen atoms in total. The van der Waals surface area contributed by atoms with Crippen LogP contribution in [-0.2, 0) is 28.9 Å². The molecular weight excluding hydrogens is 364 g/mol. The largest absolute Gasteiger partial charge is 0.444 e. The molecule has 1 heterocycles. The van der Waals surface area contributed by atoms with Crippen molar-refractivity contribution < 1.29 is 14.3 Å². The molecule has 2 aromatic rings. The first-order valence-corrected chi connectivity index (χ1v) is 10.2. The summed E-state index contributed by atoms with van der Waals surface area (Å²) in [7, 11) is 0. The van der Waals surface area contributed by atoms with Gasteiger partial charge in [0, 0.05) is 13.1 Å². The SMILES string of the molecule is CC(C)(C)OC(=O)NC(CCc1ccccc1)C(=O)N1CCc2ccccc2C1. The van der Waals surface area contributed by atoms with Gasteiger partial charge in [0.25, 0.3) is 0 Å². The number of carbonyl (C=O) groups is 2. The average Bonchev–Trinajstić information content (AvgIpc) is 2.69. The summed E-state index contributed by atoms with van der Waals surface area (Å²) in [4.78, 5) is 27.5. The van der Waals surface area contributed by atoms with Crippen molar-refractivity contribution in [3.8, 4) is 0 Å². The van der Waals surface area contributed by atoms with Crippen LogP contribution in [-0.4, -0.2) is 35.1 Å². The second-order valence-electron chi connectivity index (χ2n) is 8.50. The van der Waals surface area contributed by atoms with Gasteiger partial charge in [-0.3, -0.25) is 4.79 Å². The molecule has 1 N–H and O–H groups in total. The summed E-state index contributed by atoms with van der Waals surface area (Å²) in [6.07, 6.45) is 1.51. The van der Waals surface area contributed by atoms with E-state index in [1.807, 2.05) is 68.1 Å². The molecule has 1 unspecified atom stereocenters. The van der Waals surface area contributed by atoms with Crippen molar-refractivity contribution in [3.63, 3.8) is 0 Å². The third-order valence-corrected chi connectivity index (χ3v) is 5.00. The molecule has 0 aromatic heterocycles. The summed E-state index contributed by atoms with van der Waals surface area (Å²) >= 11 is 0. The Balaban J connectivity index is 1.70. The van der Waals surface area contributed by atoms with E-state index in [-0.39, 0.29) is 5.91 Å². The van der Waals surface area contributed by atoms with Crippen LogP contribution in [0.5, 0.6) is 0 Å². The van der Waals surface area contributed by atoms with Crippen LogP contribution in [0.3, 0.4) is 0 Å². The number of ether oxygens (including phenoxy) is 1. The third kappa shape index (κ3) is 6.08. The quantitative estimate of drug-likeness (QED) is 0.831. The molecule has 1 aliphatic heterocycles. The van der Waals surface area contributed by atoms with Crippen molar-refractivity contribution in [3.05, 3.63) is 71.3 Å². The highest BCUT2D eigenvalue weighted by molar-refractivity contribution is 5.86. The maximum absolute atomic E-state index is 13.3. The van der Waals surface area contributed by atoms with Crippen molar-refractivity contribution >= 4 is 12.0 Å². The molecule has 0 saturated carbocycles. The van der Waals surface area contributed by atoms with Crippen molar-refractivity contribution in [1.29, 1.82) is 0 Å². The van der Waals surface area contributed by atoms with Gasteiger partial charge in [0.2, 0.25) is 5.91 Å². The minimum atomic E-state index is -0.615. The van der Waals surface area contributed by atoms with Crippen LogP contribution < -0.4 is 5.32 Å². The van der Waals surface area contributed by atoms with Gasteiger partial charge in [-0.05, 0) is 56.7 Å². The molecule has 1 atom stereocenters. The summed E-state index contributed by atoms with van der Waals surface area (Å²) in [6.45, 7) is 6.68. The second kappa shape index (κ2) is 9.12. The number of amides is 2. The van der Waals surface area contributed by atoms with Gasteiger partial charge >= 0.3 is 6.09 Å². The number of benzene rings is 2. The lowest BCUT2D eigenvalue weighted by Gasteiger charge is -2.32. The van der Waals surface area contributed by atoms with E-state index in [4.69, 9.17) is 4.74 Å². The first-order chi connectivity index (χ1) is 13.8. The Morgan fingerprint density at radius 2 is 1.69 bits per heavy atom. The number of nitrogens with one attached hydrogen (secondary N) is 1. The Morgan fingerprint density at radius 3 is 2.38 bits per heavy atom. The Labute approximate surface area is 173 Å². The zero-order valence-electron chi connectivity index (χ0n) is 17.5. The molecule has 0 bridgehead atoms. The van der Waals surface area contributed by atoms with E-state index in [2.05, 4.69) is 17.4 Å². The fraction of sp³-hybridized carbons (Fsp3) is 0.417. The third-order valence-electron chi connectivity index (χ3n) is 5.00. The van der Waals surface area contributed by atoms with Crippen LogP contribution >= 0.6 is 0 Å². The van der Waals surface area contributed by atoms with E-state index >= 15 is 0 Å². The molecule has 29 heavy (non-hydrogen) atoms. The minimum Gasteiger partial charge on any atom is -0.444 e. The number of alkyl carbamates (subject to hydrolysis) is 1. The predicted molar refractivity (Wildman–Crippen MR) is 113 cm³/mol. The number of fused-ring (bicyclic) bond motifs is 1. The lowest BCUT2D eigenvalue weighted by molar-refractivity contribution is -0.134. The fourth-order valence-corrected chi connectivity index (χ4v) is 3.57. The molecule has 2 aromatic carbocycles. The highest BCUT2D eigenvalue weighted by Crippen LogP contribution is 2.20. The van der Waals surface area contributed by atoms with Crippen LogP contribution in [0.25, 0.3) is 0 Å². The summed E-state index contributed by atoms with van der Waals surface area (Å²) in [5.74, 6) is -0.0544. The summed E-state index contributed by atoms with van der Waals surface area (Å²) in [5, 5.41) is 2.81. The Morgan fingerprint density at radius 1 is 1.03 bits per heavy atom. The van der Waals surface area contributed by atoms with E-state index < -0.39 is 17.7 Å². The summed E-state index contributed by atoms with van der Waals surface area (Å²) in [6, 6.07) is 17.6. The molecule has 0 spiro atoms. The van der Waals surface area contributed by atoms with E-state index in [1.54, 1.807) is 0 Å². The highest BCUT2D eigenvalue weighted by Gasteiger charge is 2.29. The monoisotopic (exact) mass is 394 g/mol. The first kappa shape index (κ1) is 20.9. The van der Waals surface area contributed by atoms with E-state index in [0.29, 0.717) is 25.9 Å². The lowest BCUT2D eigenvalue weighted by Crippen LogP contribution is -2.51. The lowest BCUT2D eigenvalue weighted by atomic mass is 9.98. The van der Waals surface area contributed by atoms with Gasteiger partial charge in [0.05, 0.1) is 0 Å². The standard InChI is InChI=1S/C24H30N2O3/c1-24(2,3)29-23(28)25-21(14-13-18-9-5-4-6-10-18)22(27)26-16-15-19-11-7-8-12-20(19)17-26/h4-12,21H,13-17H2,1-3H3,(H,25,28). The molecule has 154 valence electrons. The van der Waals surface area contributed by atoms with E-state index in [9.17, 15) is 9.59 Å². The fourth-order valence-electron chi connectivity index (χ4n) is 3.57. The molecule has 0 fully saturated rings. The highest BCUT2D eigenvalue weighted by atomic mass is 16.6. The molecule has 0 aliphatic carbocycles. The number of carbonyl (C=O) groups excluding carboxylic acids is 2. The van der Waals surface area contributed by atoms with Gasteiger partial charge in [-0.2, -0.15) is 0 Å². The van der Waals surface area contributed by atoms with Crippen LogP contribution in [0, 0.1) is 0 Å². The topological polar surface area (TPSA) is 58.6 Å². The van der Waals surface area contributed by atoms with Crippen molar-refractivity contribution in [2.45, 2.75) is 58.2 Å². The van der Waals surface area contributed by atoms with Gasteiger partial charge in [-0.1, -0.05) is 54.6 Å². The van der Waals surface area contributed by atoms with Crippen LogP contribution in [0.15, 0.2) is 54.6 Å². The number of hydrogen-bond acceptors (Lipinski definition) is 3. The second-order valence-corrected chi connectivity index (χ2v) is 8.50. The van der Waals surface area contributed by atoms with Crippen LogP contribution in [0.2, 0.25) is 0 Å². The zero-order chi connectivity index (χ0) is 20.9. The maximum atomic E-state index is 13.3. The molecule has 0 radical (unpaired) electrons. The number of hydrogen-bond donors (Lipinski definition) is 1. The Hall–Kier alpha value is -2.82. The number of nitrogens with zero attached hydrogens (tertiary/aromatic N) is 1. The van der Waals surface area contributed by atoms with Gasteiger partial charge < -0.3 is 15.0 Å². The maximum Gasteiger partial charge on any atom is 0.408 e. The van der Waals surface area contributed by atoms with Gasteiger partial charge in [0.1, 0.15) is 11.6 Å². The van der Waals surface area contributed by atoms with Crippen LogP contribution in [0.1, 0.15) is 43.9 Å². The molecule has 0 saturated heterocycles. The normalized spacial score (nSPS) is 14.7. The van der Waals surface area contributed by atoms with E-state index in [1.165, 1.54) is 11.1 Å². The van der Waals surface area contributed by atoms with E-state index in [0.717, 1.165) is 12.0 Å². The van der Waals surface area contributed by atoms with Gasteiger partial charge in [-0.15, -0.1) is 0 Å². The van der Waals surface area contributed by atoms with Crippen molar-refractivity contribution in [2.75, 3.05) is 6.54 Å². The smallest absolute Gasteiger partial charge is 0.408 e. The zero-order valence-corrected chi connectivity index (χ0v) is 17.5. The summed E-state index contributed by atoms with van der Waals surface area (Å²) in [5.41, 5.74) is 2.99. The van der Waals surface area contributed by atoms with Crippen LogP contribution in [0.4, 0.5) is 4.79 Å². The van der Waals surface area contributed by atoms with Gasteiger partial charge in [-0.25, -0.2) is 4.79 Å². The first-order valence-electron chi connectivity index (χ1n) is 10.2. The van der Waals surface area contributed by atoms with Gasteiger partial charge in [0.15, 0.2) is 0 Å². The molecule has 2 amide bonds. The molecule has 3 rings (SSSR count). The summed E-state index contributed by atoms with van der Waals surface area (Å²) < 4.78 is 5.39. The average molecular weight is 395 g/mol. The van der Waals surface area contributed by atoms with Crippen molar-refractivity contribution in [1.82, 2.24) is 10.2 Å². The molecular formula is C24H30N2O3.